The van der Waals surface area contributed by atoms with Gasteiger partial charge in [0.15, 0.2) is 0 Å². The van der Waals surface area contributed by atoms with Gasteiger partial charge in [0.25, 0.3) is 0 Å². The molecule has 0 amide bonds. The molecular weight excluding hydrogens is 266 g/mol. The first kappa shape index (κ1) is 13.1. The standard InChI is InChI=1S/C17H18NOS/c1-18-15-5-3-4-6-16(15)20-17(18)12-9-13-7-10-14(19-2)11-8-13/h3-8,10-11H,9,12H2,1-2H3/q+1. The Bertz CT molecular complexity index is 715. The minimum absolute atomic E-state index is 0.918. The van der Waals surface area contributed by atoms with Crippen molar-refractivity contribution in [2.75, 3.05) is 7.11 Å². The van der Waals surface area contributed by atoms with Crippen molar-refractivity contribution in [3.05, 3.63) is 59.1 Å². The summed E-state index contributed by atoms with van der Waals surface area (Å²) in [6, 6.07) is 16.9. The van der Waals surface area contributed by atoms with Gasteiger partial charge >= 0.3 is 0 Å². The molecule has 3 rings (SSSR count). The predicted molar refractivity (Wildman–Crippen MR) is 83.4 cm³/mol. The SMILES string of the molecule is COc1ccc(CCc2sc3ccccc3[n+]2C)cc1. The van der Waals surface area contributed by atoms with Gasteiger partial charge in [-0.3, -0.25) is 0 Å². The normalized spacial score (nSPS) is 10.9. The fourth-order valence-electron chi connectivity index (χ4n) is 2.41. The third kappa shape index (κ3) is 2.54. The fourth-order valence-corrected chi connectivity index (χ4v) is 3.56. The molecule has 1 aromatic heterocycles. The molecule has 0 saturated heterocycles. The lowest BCUT2D eigenvalue weighted by molar-refractivity contribution is -0.648. The molecule has 0 radical (unpaired) electrons. The Kier molecular flexibility index (Phi) is 3.70. The Hall–Kier alpha value is -1.87. The molecule has 0 unspecified atom stereocenters. The van der Waals surface area contributed by atoms with Gasteiger partial charge < -0.3 is 4.74 Å². The van der Waals surface area contributed by atoms with Gasteiger partial charge in [0.1, 0.15) is 17.5 Å². The minimum Gasteiger partial charge on any atom is -0.497 e. The van der Waals surface area contributed by atoms with Crippen LogP contribution in [0.4, 0.5) is 0 Å². The maximum Gasteiger partial charge on any atom is 0.238 e. The maximum atomic E-state index is 5.19. The second kappa shape index (κ2) is 5.63. The zero-order valence-electron chi connectivity index (χ0n) is 11.8. The number of fused-ring (bicyclic) bond motifs is 1. The van der Waals surface area contributed by atoms with E-state index in [1.54, 1.807) is 7.11 Å². The summed E-state index contributed by atoms with van der Waals surface area (Å²) in [5.74, 6) is 0.918. The van der Waals surface area contributed by atoms with Crippen LogP contribution in [0.15, 0.2) is 48.5 Å². The lowest BCUT2D eigenvalue weighted by atomic mass is 10.1. The first-order valence-electron chi connectivity index (χ1n) is 6.77. The molecule has 0 fully saturated rings. The number of thiazole rings is 1. The van der Waals surface area contributed by atoms with E-state index < -0.39 is 0 Å². The Morgan fingerprint density at radius 3 is 2.45 bits per heavy atom. The lowest BCUT2D eigenvalue weighted by Crippen LogP contribution is -2.30. The van der Waals surface area contributed by atoms with Gasteiger partial charge in [-0.15, -0.1) is 0 Å². The summed E-state index contributed by atoms with van der Waals surface area (Å²) in [5.41, 5.74) is 2.67. The third-order valence-corrected chi connectivity index (χ3v) is 4.89. The van der Waals surface area contributed by atoms with Crippen molar-refractivity contribution in [2.45, 2.75) is 12.8 Å². The van der Waals surface area contributed by atoms with Crippen molar-refractivity contribution in [3.63, 3.8) is 0 Å². The first-order valence-corrected chi connectivity index (χ1v) is 7.59. The topological polar surface area (TPSA) is 13.1 Å². The number of aryl methyl sites for hydroxylation is 3. The summed E-state index contributed by atoms with van der Waals surface area (Å²) >= 11 is 1.89. The third-order valence-electron chi connectivity index (χ3n) is 3.62. The van der Waals surface area contributed by atoms with Crippen LogP contribution in [0.2, 0.25) is 0 Å². The van der Waals surface area contributed by atoms with Crippen LogP contribution >= 0.6 is 11.3 Å². The summed E-state index contributed by atoms with van der Waals surface area (Å²) < 4.78 is 8.86. The van der Waals surface area contributed by atoms with Gasteiger partial charge in [0, 0.05) is 12.5 Å². The van der Waals surface area contributed by atoms with Crippen LogP contribution in [0.25, 0.3) is 10.2 Å². The average molecular weight is 284 g/mol. The van der Waals surface area contributed by atoms with Crippen LogP contribution in [-0.2, 0) is 19.9 Å². The van der Waals surface area contributed by atoms with Crippen molar-refractivity contribution in [1.29, 1.82) is 0 Å². The molecule has 2 aromatic carbocycles. The molecule has 3 aromatic rings. The molecule has 0 saturated carbocycles. The van der Waals surface area contributed by atoms with Gasteiger partial charge in [-0.05, 0) is 30.2 Å². The van der Waals surface area contributed by atoms with E-state index >= 15 is 0 Å². The number of methoxy groups -OCH3 is 1. The largest absolute Gasteiger partial charge is 0.497 e. The van der Waals surface area contributed by atoms with Gasteiger partial charge in [0.05, 0.1) is 7.11 Å². The number of nitrogens with zero attached hydrogens (tertiary/aromatic N) is 1. The number of hydrogen-bond acceptors (Lipinski definition) is 2. The number of aromatic nitrogens is 1. The average Bonchev–Trinajstić information content (AvgIpc) is 2.83. The van der Waals surface area contributed by atoms with Crippen LogP contribution in [0.5, 0.6) is 5.75 Å². The highest BCUT2D eigenvalue weighted by Gasteiger charge is 2.15. The van der Waals surface area contributed by atoms with Gasteiger partial charge in [0.2, 0.25) is 10.5 Å². The summed E-state index contributed by atoms with van der Waals surface area (Å²) in [7, 11) is 3.86. The van der Waals surface area contributed by atoms with E-state index in [9.17, 15) is 0 Å². The fraction of sp³-hybridized carbons (Fsp3) is 0.235. The monoisotopic (exact) mass is 284 g/mol. The maximum absolute atomic E-state index is 5.19. The summed E-state index contributed by atoms with van der Waals surface area (Å²) in [6.45, 7) is 0. The number of hydrogen-bond donors (Lipinski definition) is 0. The highest BCUT2D eigenvalue weighted by Crippen LogP contribution is 2.21. The number of rotatable bonds is 4. The molecule has 1 heterocycles. The Morgan fingerprint density at radius 1 is 1.00 bits per heavy atom. The Morgan fingerprint density at radius 2 is 1.75 bits per heavy atom. The van der Waals surface area contributed by atoms with Gasteiger partial charge in [-0.25, -0.2) is 0 Å². The molecule has 20 heavy (non-hydrogen) atoms. The predicted octanol–water partition coefficient (Wildman–Crippen LogP) is 3.52. The van der Waals surface area contributed by atoms with Crippen LogP contribution in [0.3, 0.4) is 0 Å². The molecule has 0 atom stereocenters. The van der Waals surface area contributed by atoms with E-state index in [-0.39, 0.29) is 0 Å². The first-order chi connectivity index (χ1) is 9.78. The highest BCUT2D eigenvalue weighted by atomic mass is 32.1. The van der Waals surface area contributed by atoms with E-state index in [0.29, 0.717) is 0 Å². The number of ether oxygens (including phenoxy) is 1. The summed E-state index contributed by atoms with van der Waals surface area (Å²) in [4.78, 5) is 0. The zero-order valence-corrected chi connectivity index (χ0v) is 12.6. The van der Waals surface area contributed by atoms with Crippen LogP contribution < -0.4 is 9.30 Å². The smallest absolute Gasteiger partial charge is 0.238 e. The number of para-hydroxylation sites is 1. The molecule has 0 aliphatic carbocycles. The number of benzene rings is 2. The molecule has 0 N–H and O–H groups in total. The van der Waals surface area contributed by atoms with Crippen molar-refractivity contribution in [3.8, 4) is 5.75 Å². The van der Waals surface area contributed by atoms with E-state index in [2.05, 4.69) is 48.0 Å². The van der Waals surface area contributed by atoms with E-state index in [4.69, 9.17) is 4.74 Å². The molecule has 3 heteroatoms. The van der Waals surface area contributed by atoms with Crippen LogP contribution in [0.1, 0.15) is 10.6 Å². The Labute approximate surface area is 123 Å². The van der Waals surface area contributed by atoms with Crippen LogP contribution in [-0.4, -0.2) is 7.11 Å². The molecule has 102 valence electrons. The molecule has 2 nitrogen and oxygen atoms in total. The lowest BCUT2D eigenvalue weighted by Gasteiger charge is -2.01. The second-order valence-corrected chi connectivity index (χ2v) is 5.99. The molecule has 0 spiro atoms. The van der Waals surface area contributed by atoms with Crippen molar-refractivity contribution in [1.82, 2.24) is 0 Å². The minimum atomic E-state index is 0.918. The van der Waals surface area contributed by atoms with E-state index in [1.807, 2.05) is 23.5 Å². The molecule has 0 aliphatic rings. The zero-order chi connectivity index (χ0) is 13.9. The van der Waals surface area contributed by atoms with Crippen molar-refractivity contribution >= 4 is 21.6 Å². The Balaban J connectivity index is 1.77. The highest BCUT2D eigenvalue weighted by molar-refractivity contribution is 7.18. The summed E-state index contributed by atoms with van der Waals surface area (Å²) in [6.07, 6.45) is 2.13. The van der Waals surface area contributed by atoms with Crippen molar-refractivity contribution < 1.29 is 9.30 Å². The second-order valence-electron chi connectivity index (χ2n) is 4.87. The summed E-state index contributed by atoms with van der Waals surface area (Å²) in [5, 5.41) is 1.42. The molecule has 0 aliphatic heterocycles. The van der Waals surface area contributed by atoms with Gasteiger partial charge in [-0.2, -0.15) is 4.57 Å². The van der Waals surface area contributed by atoms with Gasteiger partial charge in [-0.1, -0.05) is 35.6 Å². The van der Waals surface area contributed by atoms with Crippen LogP contribution in [0, 0.1) is 0 Å². The molecular formula is C17H18NOS+. The quantitative estimate of drug-likeness (QED) is 0.668. The van der Waals surface area contributed by atoms with E-state index in [0.717, 1.165) is 18.6 Å². The van der Waals surface area contributed by atoms with E-state index in [1.165, 1.54) is 20.8 Å². The van der Waals surface area contributed by atoms with Crippen molar-refractivity contribution in [2.24, 2.45) is 7.05 Å². The molecule has 0 bridgehead atoms.